The lowest BCUT2D eigenvalue weighted by atomic mass is 9.79. The quantitative estimate of drug-likeness (QED) is 0.762. The van der Waals surface area contributed by atoms with Crippen LogP contribution < -0.4 is 10.6 Å². The fraction of sp³-hybridized carbons (Fsp3) is 0.417. The van der Waals surface area contributed by atoms with Gasteiger partial charge in [0.2, 0.25) is 0 Å². The lowest BCUT2D eigenvalue weighted by molar-refractivity contribution is 0.0692. The molecule has 1 aromatic heterocycles. The number of amides is 2. The Morgan fingerprint density at radius 1 is 1.44 bits per heavy atom. The molecular weight excluding hydrogens is 234 g/mol. The molecule has 0 aromatic carbocycles. The number of rotatable bonds is 3. The molecule has 1 aliphatic rings. The van der Waals surface area contributed by atoms with Crippen molar-refractivity contribution < 1.29 is 14.7 Å². The number of carboxylic acids is 1. The molecule has 1 saturated carbocycles. The number of carboxylic acid groups (broad SMARTS) is 1. The number of nitrogens with zero attached hydrogens (tertiary/aromatic N) is 1. The number of hydrogen-bond acceptors (Lipinski definition) is 3. The van der Waals surface area contributed by atoms with E-state index in [0.717, 1.165) is 19.3 Å². The highest BCUT2D eigenvalue weighted by Gasteiger charge is 2.33. The summed E-state index contributed by atoms with van der Waals surface area (Å²) in [7, 11) is 0. The van der Waals surface area contributed by atoms with E-state index in [-0.39, 0.29) is 16.9 Å². The first-order chi connectivity index (χ1) is 8.50. The summed E-state index contributed by atoms with van der Waals surface area (Å²) < 4.78 is 0. The van der Waals surface area contributed by atoms with Gasteiger partial charge in [0.15, 0.2) is 5.69 Å². The van der Waals surface area contributed by atoms with Gasteiger partial charge >= 0.3 is 12.0 Å². The molecule has 6 nitrogen and oxygen atoms in total. The molecule has 1 heterocycles. The molecule has 3 N–H and O–H groups in total. The summed E-state index contributed by atoms with van der Waals surface area (Å²) in [6.45, 7) is 1.97. The maximum Gasteiger partial charge on any atom is 0.356 e. The van der Waals surface area contributed by atoms with Crippen LogP contribution in [-0.2, 0) is 0 Å². The van der Waals surface area contributed by atoms with Gasteiger partial charge in [0, 0.05) is 11.7 Å². The number of anilines is 1. The largest absolute Gasteiger partial charge is 0.476 e. The fourth-order valence-corrected chi connectivity index (χ4v) is 1.94. The number of urea groups is 1. The molecule has 1 aliphatic carbocycles. The zero-order valence-corrected chi connectivity index (χ0v) is 10.1. The van der Waals surface area contributed by atoms with Crippen molar-refractivity contribution in [2.24, 2.45) is 0 Å². The van der Waals surface area contributed by atoms with Crippen molar-refractivity contribution in [3.63, 3.8) is 0 Å². The van der Waals surface area contributed by atoms with Crippen LogP contribution >= 0.6 is 0 Å². The van der Waals surface area contributed by atoms with Crippen LogP contribution in [0.3, 0.4) is 0 Å². The Balaban J connectivity index is 2.05. The number of aromatic carboxylic acids is 1. The standard InChI is InChI=1S/C12H15N3O3/c1-12(5-3-6-12)15-11(18)14-8-4-2-7-13-9(8)10(16)17/h2,4,7H,3,5-6H2,1H3,(H,16,17)(H2,14,15,18). The van der Waals surface area contributed by atoms with Gasteiger partial charge in [-0.25, -0.2) is 14.6 Å². The Morgan fingerprint density at radius 2 is 2.17 bits per heavy atom. The van der Waals surface area contributed by atoms with Crippen LogP contribution in [0.2, 0.25) is 0 Å². The third-order valence-corrected chi connectivity index (χ3v) is 3.13. The highest BCUT2D eigenvalue weighted by molar-refractivity contribution is 5.98. The van der Waals surface area contributed by atoms with Crippen molar-refractivity contribution in [1.29, 1.82) is 0 Å². The van der Waals surface area contributed by atoms with E-state index in [1.807, 2.05) is 6.92 Å². The molecule has 2 amide bonds. The summed E-state index contributed by atoms with van der Waals surface area (Å²) in [5, 5.41) is 14.3. The third-order valence-electron chi connectivity index (χ3n) is 3.13. The summed E-state index contributed by atoms with van der Waals surface area (Å²) in [6, 6.07) is 2.69. The van der Waals surface area contributed by atoms with Crippen LogP contribution in [0.15, 0.2) is 18.3 Å². The van der Waals surface area contributed by atoms with Gasteiger partial charge in [0.1, 0.15) is 0 Å². The van der Waals surface area contributed by atoms with Crippen molar-refractivity contribution >= 4 is 17.7 Å². The first-order valence-corrected chi connectivity index (χ1v) is 5.78. The van der Waals surface area contributed by atoms with Crippen molar-refractivity contribution in [1.82, 2.24) is 10.3 Å². The summed E-state index contributed by atoms with van der Waals surface area (Å²) in [6.07, 6.45) is 4.36. The maximum absolute atomic E-state index is 11.8. The molecule has 0 saturated heterocycles. The Morgan fingerprint density at radius 3 is 2.72 bits per heavy atom. The van der Waals surface area contributed by atoms with Crippen LogP contribution in [0.5, 0.6) is 0 Å². The minimum Gasteiger partial charge on any atom is -0.476 e. The Kier molecular flexibility index (Phi) is 3.18. The van der Waals surface area contributed by atoms with E-state index in [1.54, 1.807) is 6.07 Å². The second-order valence-electron chi connectivity index (χ2n) is 4.70. The van der Waals surface area contributed by atoms with Gasteiger partial charge in [-0.15, -0.1) is 0 Å². The van der Waals surface area contributed by atoms with Crippen LogP contribution in [-0.4, -0.2) is 27.6 Å². The third kappa shape index (κ3) is 2.58. The predicted molar refractivity (Wildman–Crippen MR) is 65.6 cm³/mol. The summed E-state index contributed by atoms with van der Waals surface area (Å²) >= 11 is 0. The zero-order valence-electron chi connectivity index (χ0n) is 10.1. The van der Waals surface area contributed by atoms with Crippen LogP contribution in [0, 0.1) is 0 Å². The van der Waals surface area contributed by atoms with Gasteiger partial charge < -0.3 is 15.7 Å². The second kappa shape index (κ2) is 4.64. The summed E-state index contributed by atoms with van der Waals surface area (Å²) in [4.78, 5) is 26.4. The van der Waals surface area contributed by atoms with E-state index in [9.17, 15) is 9.59 Å². The topological polar surface area (TPSA) is 91.3 Å². The van der Waals surface area contributed by atoms with Crippen molar-refractivity contribution in [3.8, 4) is 0 Å². The number of hydrogen-bond donors (Lipinski definition) is 3. The first kappa shape index (κ1) is 12.3. The lowest BCUT2D eigenvalue weighted by Crippen LogP contribution is -2.52. The van der Waals surface area contributed by atoms with Gasteiger partial charge in [-0.05, 0) is 38.3 Å². The highest BCUT2D eigenvalue weighted by atomic mass is 16.4. The molecule has 18 heavy (non-hydrogen) atoms. The van der Waals surface area contributed by atoms with E-state index in [1.165, 1.54) is 12.3 Å². The summed E-state index contributed by atoms with van der Waals surface area (Å²) in [5.74, 6) is -1.17. The van der Waals surface area contributed by atoms with Crippen LogP contribution in [0.25, 0.3) is 0 Å². The van der Waals surface area contributed by atoms with E-state index in [0.29, 0.717) is 0 Å². The van der Waals surface area contributed by atoms with Crippen molar-refractivity contribution in [2.45, 2.75) is 31.7 Å². The van der Waals surface area contributed by atoms with E-state index < -0.39 is 12.0 Å². The molecule has 1 fully saturated rings. The second-order valence-corrected chi connectivity index (χ2v) is 4.70. The van der Waals surface area contributed by atoms with Gasteiger partial charge in [-0.2, -0.15) is 0 Å². The van der Waals surface area contributed by atoms with Crippen LogP contribution in [0.4, 0.5) is 10.5 Å². The molecule has 0 spiro atoms. The first-order valence-electron chi connectivity index (χ1n) is 5.78. The smallest absolute Gasteiger partial charge is 0.356 e. The monoisotopic (exact) mass is 249 g/mol. The molecule has 0 radical (unpaired) electrons. The summed E-state index contributed by atoms with van der Waals surface area (Å²) in [5.41, 5.74) is -0.132. The van der Waals surface area contributed by atoms with Gasteiger partial charge in [0.25, 0.3) is 0 Å². The Bertz CT molecular complexity index is 483. The molecule has 0 unspecified atom stereocenters. The molecule has 6 heteroatoms. The van der Waals surface area contributed by atoms with Crippen LogP contribution in [0.1, 0.15) is 36.7 Å². The number of carbonyl (C=O) groups excluding carboxylic acids is 1. The molecular formula is C12H15N3O3. The SMILES string of the molecule is CC1(NC(=O)Nc2cccnc2C(=O)O)CCC1. The lowest BCUT2D eigenvalue weighted by Gasteiger charge is -2.39. The fourth-order valence-electron chi connectivity index (χ4n) is 1.94. The van der Waals surface area contributed by atoms with E-state index >= 15 is 0 Å². The van der Waals surface area contributed by atoms with Crippen molar-refractivity contribution in [2.75, 3.05) is 5.32 Å². The Hall–Kier alpha value is -2.11. The number of carbonyl (C=O) groups is 2. The Labute approximate surface area is 104 Å². The van der Waals surface area contributed by atoms with Gasteiger partial charge in [-0.3, -0.25) is 0 Å². The number of aromatic nitrogens is 1. The molecule has 2 rings (SSSR count). The normalized spacial score (nSPS) is 16.5. The number of pyridine rings is 1. The molecule has 0 bridgehead atoms. The van der Waals surface area contributed by atoms with Crippen molar-refractivity contribution in [3.05, 3.63) is 24.0 Å². The van der Waals surface area contributed by atoms with E-state index in [2.05, 4.69) is 15.6 Å². The zero-order chi connectivity index (χ0) is 13.2. The van der Waals surface area contributed by atoms with Gasteiger partial charge in [0.05, 0.1) is 5.69 Å². The van der Waals surface area contributed by atoms with E-state index in [4.69, 9.17) is 5.11 Å². The van der Waals surface area contributed by atoms with Gasteiger partial charge in [-0.1, -0.05) is 0 Å². The number of nitrogens with one attached hydrogen (secondary N) is 2. The molecule has 0 atom stereocenters. The minimum absolute atomic E-state index is 0.161. The highest BCUT2D eigenvalue weighted by Crippen LogP contribution is 2.30. The average molecular weight is 249 g/mol. The molecule has 1 aromatic rings. The predicted octanol–water partition coefficient (Wildman–Crippen LogP) is 1.84. The minimum atomic E-state index is -1.17. The molecule has 0 aliphatic heterocycles. The molecule has 96 valence electrons. The maximum atomic E-state index is 11.8. The average Bonchev–Trinajstić information content (AvgIpc) is 2.27.